The van der Waals surface area contributed by atoms with Gasteiger partial charge in [-0.05, 0) is 39.9 Å². The number of benzene rings is 3. The van der Waals surface area contributed by atoms with E-state index >= 15 is 0 Å². The van der Waals surface area contributed by atoms with Crippen LogP contribution in [0.15, 0.2) is 72.8 Å². The maximum atomic E-state index is 5.97. The molecule has 0 amide bonds. The number of nitrogens with two attached hydrogens (primary N) is 1. The van der Waals surface area contributed by atoms with Crippen LogP contribution in [0.25, 0.3) is 11.1 Å². The molecule has 0 spiro atoms. The molecule has 1 heteroatoms. The Kier molecular flexibility index (Phi) is 2.40. The first kappa shape index (κ1) is 11.3. The van der Waals surface area contributed by atoms with Gasteiger partial charge in [-0.25, -0.2) is 0 Å². The molecule has 0 aromatic heterocycles. The van der Waals surface area contributed by atoms with E-state index in [1.54, 1.807) is 0 Å². The van der Waals surface area contributed by atoms with Crippen molar-refractivity contribution in [3.05, 3.63) is 89.5 Å². The van der Waals surface area contributed by atoms with Gasteiger partial charge in [0.1, 0.15) is 0 Å². The van der Waals surface area contributed by atoms with Crippen LogP contribution in [0.1, 0.15) is 22.6 Å². The highest BCUT2D eigenvalue weighted by molar-refractivity contribution is 5.80. The van der Waals surface area contributed by atoms with E-state index in [1.165, 1.54) is 27.8 Å². The summed E-state index contributed by atoms with van der Waals surface area (Å²) in [5, 5.41) is 0. The standard InChI is InChI=1S/C19H15N/c20-14-7-5-6-13(12-14)19-17-10-3-1-8-15(17)16-9-2-4-11-18(16)19/h1-12,19H,20H2. The molecule has 20 heavy (non-hydrogen) atoms. The van der Waals surface area contributed by atoms with Gasteiger partial charge in [-0.3, -0.25) is 0 Å². The van der Waals surface area contributed by atoms with E-state index in [9.17, 15) is 0 Å². The highest BCUT2D eigenvalue weighted by Gasteiger charge is 2.28. The van der Waals surface area contributed by atoms with Crippen molar-refractivity contribution in [2.24, 2.45) is 0 Å². The predicted molar refractivity (Wildman–Crippen MR) is 83.7 cm³/mol. The van der Waals surface area contributed by atoms with Gasteiger partial charge in [0.2, 0.25) is 0 Å². The fourth-order valence-electron chi connectivity index (χ4n) is 3.25. The molecule has 0 bridgehead atoms. The molecule has 0 radical (unpaired) electrons. The summed E-state index contributed by atoms with van der Waals surface area (Å²) in [7, 11) is 0. The van der Waals surface area contributed by atoms with Crippen LogP contribution >= 0.6 is 0 Å². The molecular weight excluding hydrogens is 242 g/mol. The Hall–Kier alpha value is -2.54. The smallest absolute Gasteiger partial charge is 0.0353 e. The lowest BCUT2D eigenvalue weighted by Gasteiger charge is -2.14. The number of rotatable bonds is 1. The van der Waals surface area contributed by atoms with Crippen molar-refractivity contribution >= 4 is 5.69 Å². The lowest BCUT2D eigenvalue weighted by atomic mass is 9.89. The molecule has 0 fully saturated rings. The van der Waals surface area contributed by atoms with Crippen LogP contribution in [0.2, 0.25) is 0 Å². The van der Waals surface area contributed by atoms with Gasteiger partial charge in [0.25, 0.3) is 0 Å². The summed E-state index contributed by atoms with van der Waals surface area (Å²) in [5.41, 5.74) is 13.5. The van der Waals surface area contributed by atoms with Gasteiger partial charge in [0.05, 0.1) is 0 Å². The molecule has 3 aromatic rings. The van der Waals surface area contributed by atoms with Crippen LogP contribution in [0.5, 0.6) is 0 Å². The van der Waals surface area contributed by atoms with E-state index < -0.39 is 0 Å². The number of nitrogen functional groups attached to an aromatic ring is 1. The van der Waals surface area contributed by atoms with Gasteiger partial charge in [-0.15, -0.1) is 0 Å². The van der Waals surface area contributed by atoms with Gasteiger partial charge in [-0.2, -0.15) is 0 Å². The zero-order valence-electron chi connectivity index (χ0n) is 11.1. The molecule has 2 N–H and O–H groups in total. The monoisotopic (exact) mass is 257 g/mol. The minimum absolute atomic E-state index is 0.297. The molecule has 1 nitrogen and oxygen atoms in total. The van der Waals surface area contributed by atoms with Crippen LogP contribution < -0.4 is 5.73 Å². The van der Waals surface area contributed by atoms with Crippen molar-refractivity contribution < 1.29 is 0 Å². The van der Waals surface area contributed by atoms with Gasteiger partial charge in [0.15, 0.2) is 0 Å². The van der Waals surface area contributed by atoms with Crippen LogP contribution in [0.3, 0.4) is 0 Å². The highest BCUT2D eigenvalue weighted by Crippen LogP contribution is 2.47. The van der Waals surface area contributed by atoms with E-state index in [2.05, 4.69) is 60.7 Å². The van der Waals surface area contributed by atoms with Crippen molar-refractivity contribution in [2.45, 2.75) is 5.92 Å². The minimum atomic E-state index is 0.297. The van der Waals surface area contributed by atoms with E-state index in [0.717, 1.165) is 5.69 Å². The Bertz CT molecular complexity index is 744. The van der Waals surface area contributed by atoms with Crippen LogP contribution in [0, 0.1) is 0 Å². The molecule has 0 aliphatic heterocycles. The molecule has 0 unspecified atom stereocenters. The maximum absolute atomic E-state index is 5.97. The molecule has 4 rings (SSSR count). The largest absolute Gasteiger partial charge is 0.399 e. The first-order valence-corrected chi connectivity index (χ1v) is 6.88. The van der Waals surface area contributed by atoms with Crippen molar-refractivity contribution in [3.8, 4) is 11.1 Å². The SMILES string of the molecule is Nc1cccc(C2c3ccccc3-c3ccccc32)c1. The third-order valence-electron chi connectivity index (χ3n) is 4.08. The first-order chi connectivity index (χ1) is 9.84. The molecule has 1 aliphatic rings. The van der Waals surface area contributed by atoms with E-state index in [1.807, 2.05) is 12.1 Å². The second kappa shape index (κ2) is 4.24. The fraction of sp³-hybridized carbons (Fsp3) is 0.0526. The Morgan fingerprint density at radius 2 is 1.25 bits per heavy atom. The van der Waals surface area contributed by atoms with E-state index in [-0.39, 0.29) is 0 Å². The van der Waals surface area contributed by atoms with E-state index in [4.69, 9.17) is 5.73 Å². The van der Waals surface area contributed by atoms with Gasteiger partial charge in [0, 0.05) is 11.6 Å². The van der Waals surface area contributed by atoms with Crippen molar-refractivity contribution in [3.63, 3.8) is 0 Å². The summed E-state index contributed by atoms with van der Waals surface area (Å²) < 4.78 is 0. The van der Waals surface area contributed by atoms with E-state index in [0.29, 0.717) is 5.92 Å². The Balaban J connectivity index is 2.00. The lowest BCUT2D eigenvalue weighted by Crippen LogP contribution is -1.99. The Morgan fingerprint density at radius 3 is 1.85 bits per heavy atom. The summed E-state index contributed by atoms with van der Waals surface area (Å²) in [6, 6.07) is 25.5. The lowest BCUT2D eigenvalue weighted by molar-refractivity contribution is 1.02. The molecule has 0 saturated carbocycles. The fourth-order valence-corrected chi connectivity index (χ4v) is 3.25. The zero-order chi connectivity index (χ0) is 13.5. The predicted octanol–water partition coefficient (Wildman–Crippen LogP) is 4.43. The average Bonchev–Trinajstić information content (AvgIpc) is 2.82. The van der Waals surface area contributed by atoms with Gasteiger partial charge >= 0.3 is 0 Å². The van der Waals surface area contributed by atoms with Crippen molar-refractivity contribution in [1.29, 1.82) is 0 Å². The number of fused-ring (bicyclic) bond motifs is 3. The van der Waals surface area contributed by atoms with Crippen molar-refractivity contribution in [2.75, 3.05) is 5.73 Å². The topological polar surface area (TPSA) is 26.0 Å². The number of anilines is 1. The molecule has 96 valence electrons. The van der Waals surface area contributed by atoms with Gasteiger partial charge in [-0.1, -0.05) is 60.7 Å². The average molecular weight is 257 g/mol. The number of hydrogen-bond donors (Lipinski definition) is 1. The van der Waals surface area contributed by atoms with Crippen LogP contribution in [-0.2, 0) is 0 Å². The van der Waals surface area contributed by atoms with Crippen molar-refractivity contribution in [1.82, 2.24) is 0 Å². The summed E-state index contributed by atoms with van der Waals surface area (Å²) in [4.78, 5) is 0. The summed E-state index contributed by atoms with van der Waals surface area (Å²) in [6.45, 7) is 0. The second-order valence-corrected chi connectivity index (χ2v) is 5.28. The molecule has 0 atom stereocenters. The first-order valence-electron chi connectivity index (χ1n) is 6.88. The Morgan fingerprint density at radius 1 is 0.650 bits per heavy atom. The normalized spacial score (nSPS) is 13.0. The summed E-state index contributed by atoms with van der Waals surface area (Å²) in [6.07, 6.45) is 0. The third-order valence-corrected chi connectivity index (χ3v) is 4.08. The molecule has 1 aliphatic carbocycles. The zero-order valence-corrected chi connectivity index (χ0v) is 11.1. The number of hydrogen-bond acceptors (Lipinski definition) is 1. The Labute approximate surface area is 118 Å². The third kappa shape index (κ3) is 1.56. The minimum Gasteiger partial charge on any atom is -0.399 e. The molecule has 0 saturated heterocycles. The second-order valence-electron chi connectivity index (χ2n) is 5.28. The molecular formula is C19H15N. The van der Waals surface area contributed by atoms with Crippen LogP contribution in [0.4, 0.5) is 5.69 Å². The van der Waals surface area contributed by atoms with Gasteiger partial charge < -0.3 is 5.73 Å². The summed E-state index contributed by atoms with van der Waals surface area (Å²) in [5.74, 6) is 0.297. The maximum Gasteiger partial charge on any atom is 0.0353 e. The quantitative estimate of drug-likeness (QED) is 0.502. The highest BCUT2D eigenvalue weighted by atomic mass is 14.5. The van der Waals surface area contributed by atoms with Crippen LogP contribution in [-0.4, -0.2) is 0 Å². The summed E-state index contributed by atoms with van der Waals surface area (Å²) >= 11 is 0. The molecule has 0 heterocycles. The molecule has 3 aromatic carbocycles.